The van der Waals surface area contributed by atoms with Crippen molar-refractivity contribution in [1.29, 1.82) is 0 Å². The van der Waals surface area contributed by atoms with E-state index < -0.39 is 0 Å². The summed E-state index contributed by atoms with van der Waals surface area (Å²) in [5, 5.41) is 3.03. The van der Waals surface area contributed by atoms with Crippen LogP contribution in [0.4, 0.5) is 0 Å². The van der Waals surface area contributed by atoms with Gasteiger partial charge in [-0.3, -0.25) is 9.69 Å². The first-order valence-corrected chi connectivity index (χ1v) is 8.16. The predicted molar refractivity (Wildman–Crippen MR) is 83.5 cm³/mol. The Hall–Kier alpha value is -1.00. The Morgan fingerprint density at radius 1 is 1.26 bits per heavy atom. The highest BCUT2D eigenvalue weighted by molar-refractivity contribution is 7.99. The van der Waals surface area contributed by atoms with Gasteiger partial charge in [-0.25, -0.2) is 0 Å². The average molecular weight is 280 g/mol. The number of nitrogens with one attached hydrogen (secondary N) is 1. The molecule has 1 atom stereocenters. The number of benzene rings is 1. The Morgan fingerprint density at radius 2 is 1.89 bits per heavy atom. The molecular weight excluding hydrogens is 256 g/mol. The fraction of sp³-hybridized carbons (Fsp3) is 0.533. The number of amides is 1. The van der Waals surface area contributed by atoms with E-state index in [1.807, 2.05) is 12.3 Å². The zero-order valence-electron chi connectivity index (χ0n) is 12.1. The first kappa shape index (κ1) is 16.1. The number of carbonyl (C=O) groups excluding carboxylic acids is 1. The van der Waals surface area contributed by atoms with E-state index in [9.17, 15) is 4.79 Å². The molecule has 0 radical (unpaired) electrons. The molecule has 1 amide bonds. The van der Waals surface area contributed by atoms with Gasteiger partial charge in [0, 0.05) is 6.54 Å². The van der Waals surface area contributed by atoms with Crippen LogP contribution in [0.5, 0.6) is 0 Å². The van der Waals surface area contributed by atoms with Gasteiger partial charge < -0.3 is 5.32 Å². The quantitative estimate of drug-likeness (QED) is 0.794. The van der Waals surface area contributed by atoms with Gasteiger partial charge in [0.05, 0.1) is 11.8 Å². The summed E-state index contributed by atoms with van der Waals surface area (Å²) in [7, 11) is 0. The van der Waals surface area contributed by atoms with Crippen molar-refractivity contribution in [1.82, 2.24) is 10.2 Å². The molecule has 0 aromatic heterocycles. The third-order valence-corrected chi connectivity index (χ3v) is 3.76. The Bertz CT molecular complexity index is 366. The first-order chi connectivity index (χ1) is 9.22. The van der Waals surface area contributed by atoms with Gasteiger partial charge in [-0.15, -0.1) is 0 Å². The second-order valence-electron chi connectivity index (χ2n) is 4.38. The highest BCUT2D eigenvalue weighted by Gasteiger charge is 2.18. The number of rotatable bonds is 8. The summed E-state index contributed by atoms with van der Waals surface area (Å²) in [4.78, 5) is 14.0. The predicted octanol–water partition coefficient (Wildman–Crippen LogP) is 2.55. The molecular formula is C15H24N2OS. The number of likely N-dealkylation sites (N-methyl/N-ethyl adjacent to an activating group) is 1. The summed E-state index contributed by atoms with van der Waals surface area (Å²) in [5.41, 5.74) is 1.26. The molecule has 0 spiro atoms. The Balaban J connectivity index is 2.73. The fourth-order valence-electron chi connectivity index (χ4n) is 2.19. The Morgan fingerprint density at radius 3 is 2.42 bits per heavy atom. The summed E-state index contributed by atoms with van der Waals surface area (Å²) in [6.45, 7) is 6.94. The lowest BCUT2D eigenvalue weighted by molar-refractivity contribution is -0.118. The third-order valence-electron chi connectivity index (χ3n) is 3.21. The summed E-state index contributed by atoms with van der Waals surface area (Å²) >= 11 is 1.55. The third kappa shape index (κ3) is 5.25. The van der Waals surface area contributed by atoms with Gasteiger partial charge >= 0.3 is 0 Å². The van der Waals surface area contributed by atoms with Crippen LogP contribution in [-0.4, -0.2) is 42.4 Å². The maximum absolute atomic E-state index is 11.6. The van der Waals surface area contributed by atoms with Crippen LogP contribution in [0.3, 0.4) is 0 Å². The lowest BCUT2D eigenvalue weighted by Gasteiger charge is -2.30. The van der Waals surface area contributed by atoms with Crippen molar-refractivity contribution in [3.05, 3.63) is 35.9 Å². The molecule has 1 unspecified atom stereocenters. The van der Waals surface area contributed by atoms with Crippen molar-refractivity contribution in [3.63, 3.8) is 0 Å². The van der Waals surface area contributed by atoms with E-state index in [4.69, 9.17) is 0 Å². The lowest BCUT2D eigenvalue weighted by Crippen LogP contribution is -2.38. The molecule has 0 aliphatic carbocycles. The SMILES string of the molecule is CCN(CC)C(CNC(=O)CSC)c1ccccc1. The number of hydrogen-bond donors (Lipinski definition) is 1. The van der Waals surface area contributed by atoms with E-state index in [2.05, 4.69) is 48.3 Å². The summed E-state index contributed by atoms with van der Waals surface area (Å²) in [6.07, 6.45) is 1.94. The van der Waals surface area contributed by atoms with Gasteiger partial charge in [-0.05, 0) is 24.9 Å². The van der Waals surface area contributed by atoms with Gasteiger partial charge in [-0.1, -0.05) is 44.2 Å². The fourth-order valence-corrected chi connectivity index (χ4v) is 2.55. The molecule has 0 heterocycles. The molecule has 1 rings (SSSR count). The molecule has 0 saturated carbocycles. The van der Waals surface area contributed by atoms with Crippen molar-refractivity contribution in [3.8, 4) is 0 Å². The van der Waals surface area contributed by atoms with E-state index in [1.54, 1.807) is 11.8 Å². The summed E-state index contributed by atoms with van der Waals surface area (Å²) in [6, 6.07) is 10.6. The number of hydrogen-bond acceptors (Lipinski definition) is 3. The molecule has 0 bridgehead atoms. The maximum atomic E-state index is 11.6. The van der Waals surface area contributed by atoms with E-state index in [-0.39, 0.29) is 11.9 Å². The Labute approximate surface area is 120 Å². The highest BCUT2D eigenvalue weighted by Crippen LogP contribution is 2.19. The van der Waals surface area contributed by atoms with Crippen LogP contribution >= 0.6 is 11.8 Å². The number of nitrogens with zero attached hydrogens (tertiary/aromatic N) is 1. The molecule has 4 heteroatoms. The van der Waals surface area contributed by atoms with Crippen LogP contribution < -0.4 is 5.32 Å². The van der Waals surface area contributed by atoms with Crippen LogP contribution in [0.25, 0.3) is 0 Å². The average Bonchev–Trinajstić information content (AvgIpc) is 2.44. The molecule has 0 saturated heterocycles. The van der Waals surface area contributed by atoms with Gasteiger partial charge in [-0.2, -0.15) is 11.8 Å². The van der Waals surface area contributed by atoms with E-state index in [1.165, 1.54) is 5.56 Å². The molecule has 0 fully saturated rings. The molecule has 1 aromatic rings. The van der Waals surface area contributed by atoms with Crippen molar-refractivity contribution < 1.29 is 4.79 Å². The molecule has 3 nitrogen and oxygen atoms in total. The minimum absolute atomic E-state index is 0.112. The van der Waals surface area contributed by atoms with Crippen molar-refractivity contribution in [2.24, 2.45) is 0 Å². The lowest BCUT2D eigenvalue weighted by atomic mass is 10.1. The zero-order chi connectivity index (χ0) is 14.1. The molecule has 19 heavy (non-hydrogen) atoms. The molecule has 1 N–H and O–H groups in total. The van der Waals surface area contributed by atoms with Crippen molar-refractivity contribution in [2.75, 3.05) is 31.6 Å². The van der Waals surface area contributed by atoms with Gasteiger partial charge in [0.25, 0.3) is 0 Å². The molecule has 0 aliphatic heterocycles. The zero-order valence-corrected chi connectivity index (χ0v) is 12.9. The van der Waals surface area contributed by atoms with E-state index >= 15 is 0 Å². The second kappa shape index (κ2) is 8.99. The molecule has 106 valence electrons. The van der Waals surface area contributed by atoms with Gasteiger partial charge in [0.2, 0.25) is 5.91 Å². The second-order valence-corrected chi connectivity index (χ2v) is 5.25. The highest BCUT2D eigenvalue weighted by atomic mass is 32.2. The minimum atomic E-state index is 0.112. The minimum Gasteiger partial charge on any atom is -0.353 e. The van der Waals surface area contributed by atoms with Gasteiger partial charge in [0.1, 0.15) is 0 Å². The van der Waals surface area contributed by atoms with Gasteiger partial charge in [0.15, 0.2) is 0 Å². The van der Waals surface area contributed by atoms with Crippen LogP contribution in [0, 0.1) is 0 Å². The number of thioether (sulfide) groups is 1. The number of carbonyl (C=O) groups is 1. The first-order valence-electron chi connectivity index (χ1n) is 6.77. The van der Waals surface area contributed by atoms with Crippen LogP contribution in [0.15, 0.2) is 30.3 Å². The standard InChI is InChI=1S/C15H24N2OS/c1-4-17(5-2)14(11-16-15(18)12-19-3)13-9-7-6-8-10-13/h6-10,14H,4-5,11-12H2,1-3H3,(H,16,18). The normalized spacial score (nSPS) is 12.4. The van der Waals surface area contributed by atoms with Crippen molar-refractivity contribution >= 4 is 17.7 Å². The summed E-state index contributed by atoms with van der Waals surface area (Å²) in [5.74, 6) is 0.639. The van der Waals surface area contributed by atoms with Crippen LogP contribution in [0.1, 0.15) is 25.5 Å². The topological polar surface area (TPSA) is 32.3 Å². The maximum Gasteiger partial charge on any atom is 0.230 e. The van der Waals surface area contributed by atoms with Crippen LogP contribution in [0.2, 0.25) is 0 Å². The van der Waals surface area contributed by atoms with E-state index in [0.717, 1.165) is 13.1 Å². The molecule has 1 aromatic carbocycles. The smallest absolute Gasteiger partial charge is 0.230 e. The van der Waals surface area contributed by atoms with E-state index in [0.29, 0.717) is 12.3 Å². The van der Waals surface area contributed by atoms with Crippen LogP contribution in [-0.2, 0) is 4.79 Å². The monoisotopic (exact) mass is 280 g/mol. The van der Waals surface area contributed by atoms with Crippen molar-refractivity contribution in [2.45, 2.75) is 19.9 Å². The Kier molecular flexibility index (Phi) is 7.60. The largest absolute Gasteiger partial charge is 0.353 e. The molecule has 0 aliphatic rings. The summed E-state index contributed by atoms with van der Waals surface area (Å²) < 4.78 is 0.